The van der Waals surface area contributed by atoms with Gasteiger partial charge >= 0.3 is 0 Å². The van der Waals surface area contributed by atoms with Crippen molar-refractivity contribution in [2.75, 3.05) is 20.1 Å². The molecule has 1 aromatic carbocycles. The first-order chi connectivity index (χ1) is 11.3. The number of rotatable bonds is 3. The monoisotopic (exact) mass is 326 g/mol. The lowest BCUT2D eigenvalue weighted by Crippen LogP contribution is -2.40. The van der Waals surface area contributed by atoms with Crippen molar-refractivity contribution in [3.8, 4) is 10.4 Å². The third-order valence-electron chi connectivity index (χ3n) is 5.02. The summed E-state index contributed by atoms with van der Waals surface area (Å²) in [6.45, 7) is 1.78. The summed E-state index contributed by atoms with van der Waals surface area (Å²) >= 11 is 1.68. The zero-order valence-corrected chi connectivity index (χ0v) is 14.3. The molecule has 1 amide bonds. The molecule has 4 rings (SSSR count). The van der Waals surface area contributed by atoms with E-state index in [0.29, 0.717) is 6.04 Å². The standard InChI is InChI=1S/C19H22N2OS/c1-20-12-15-6-4-10-21(15)19(22)17-11-14-9-8-13-5-2-3-7-16(13)18(14)23-17/h2-3,5,7,11,15,20H,4,6,8-10,12H2,1H3. The Balaban J connectivity index is 1.65. The summed E-state index contributed by atoms with van der Waals surface area (Å²) in [5.41, 5.74) is 4.09. The second-order valence-electron chi connectivity index (χ2n) is 6.47. The Hall–Kier alpha value is -1.65. The third-order valence-corrected chi connectivity index (χ3v) is 6.22. The summed E-state index contributed by atoms with van der Waals surface area (Å²) in [4.78, 5) is 17.3. The fourth-order valence-corrected chi connectivity index (χ4v) is 5.10. The second kappa shape index (κ2) is 6.10. The maximum absolute atomic E-state index is 13.0. The molecule has 23 heavy (non-hydrogen) atoms. The number of nitrogens with zero attached hydrogens (tertiary/aromatic N) is 1. The van der Waals surface area contributed by atoms with Gasteiger partial charge < -0.3 is 10.2 Å². The van der Waals surface area contributed by atoms with Crippen LogP contribution in [0.5, 0.6) is 0 Å². The van der Waals surface area contributed by atoms with Crippen LogP contribution in [0.15, 0.2) is 30.3 Å². The first-order valence-corrected chi connectivity index (χ1v) is 9.26. The van der Waals surface area contributed by atoms with E-state index < -0.39 is 0 Å². The summed E-state index contributed by atoms with van der Waals surface area (Å²) in [7, 11) is 1.96. The van der Waals surface area contributed by atoms with Gasteiger partial charge in [-0.1, -0.05) is 24.3 Å². The molecule has 1 fully saturated rings. The summed E-state index contributed by atoms with van der Waals surface area (Å²) in [5, 5.41) is 3.22. The van der Waals surface area contributed by atoms with E-state index in [0.717, 1.165) is 43.6 Å². The predicted molar refractivity (Wildman–Crippen MR) is 95.1 cm³/mol. The van der Waals surface area contributed by atoms with E-state index in [4.69, 9.17) is 0 Å². The molecule has 120 valence electrons. The number of thiophene rings is 1. The largest absolute Gasteiger partial charge is 0.334 e. The van der Waals surface area contributed by atoms with E-state index in [9.17, 15) is 4.79 Å². The Kier molecular flexibility index (Phi) is 3.95. The Morgan fingerprint density at radius 2 is 2.13 bits per heavy atom. The van der Waals surface area contributed by atoms with Crippen molar-refractivity contribution in [3.63, 3.8) is 0 Å². The van der Waals surface area contributed by atoms with Gasteiger partial charge in [-0.15, -0.1) is 11.3 Å². The fourth-order valence-electron chi connectivity index (χ4n) is 3.87. The molecular formula is C19H22N2OS. The highest BCUT2D eigenvalue weighted by atomic mass is 32.1. The van der Waals surface area contributed by atoms with Crippen LogP contribution in [0.3, 0.4) is 0 Å². The minimum absolute atomic E-state index is 0.222. The first kappa shape index (κ1) is 14.9. The number of likely N-dealkylation sites (N-methyl/N-ethyl adjacent to an activating group) is 1. The molecule has 1 saturated heterocycles. The van der Waals surface area contributed by atoms with Crippen molar-refractivity contribution >= 4 is 17.2 Å². The number of fused-ring (bicyclic) bond motifs is 3. The molecule has 1 aromatic heterocycles. The summed E-state index contributed by atoms with van der Waals surface area (Å²) in [6, 6.07) is 11.1. The smallest absolute Gasteiger partial charge is 0.264 e. The van der Waals surface area contributed by atoms with Gasteiger partial charge in [-0.05, 0) is 55.5 Å². The fraction of sp³-hybridized carbons (Fsp3) is 0.421. The third kappa shape index (κ3) is 2.60. The van der Waals surface area contributed by atoms with Crippen molar-refractivity contribution in [1.82, 2.24) is 10.2 Å². The lowest BCUT2D eigenvalue weighted by atomic mass is 9.91. The molecule has 2 aromatic rings. The van der Waals surface area contributed by atoms with Gasteiger partial charge in [-0.2, -0.15) is 0 Å². The number of benzene rings is 1. The van der Waals surface area contributed by atoms with Gasteiger partial charge in [0.05, 0.1) is 4.88 Å². The van der Waals surface area contributed by atoms with E-state index in [1.54, 1.807) is 11.3 Å². The van der Waals surface area contributed by atoms with Gasteiger partial charge in [0.2, 0.25) is 0 Å². The lowest BCUT2D eigenvalue weighted by Gasteiger charge is -2.23. The first-order valence-electron chi connectivity index (χ1n) is 8.44. The molecule has 1 aliphatic carbocycles. The molecule has 2 aliphatic rings. The van der Waals surface area contributed by atoms with Gasteiger partial charge in [0, 0.05) is 24.0 Å². The normalized spacial score (nSPS) is 19.5. The van der Waals surface area contributed by atoms with Crippen molar-refractivity contribution < 1.29 is 4.79 Å². The number of carbonyl (C=O) groups excluding carboxylic acids is 1. The molecule has 3 nitrogen and oxygen atoms in total. The number of amides is 1. The molecule has 1 N–H and O–H groups in total. The molecule has 2 heterocycles. The Morgan fingerprint density at radius 3 is 3.00 bits per heavy atom. The molecule has 0 saturated carbocycles. The minimum atomic E-state index is 0.222. The van der Waals surface area contributed by atoms with Crippen LogP contribution < -0.4 is 5.32 Å². The zero-order valence-electron chi connectivity index (χ0n) is 13.5. The van der Waals surface area contributed by atoms with Crippen LogP contribution in [-0.4, -0.2) is 37.0 Å². The van der Waals surface area contributed by atoms with Crippen LogP contribution >= 0.6 is 11.3 Å². The highest BCUT2D eigenvalue weighted by molar-refractivity contribution is 7.17. The van der Waals surface area contributed by atoms with Crippen LogP contribution in [0.1, 0.15) is 33.6 Å². The zero-order chi connectivity index (χ0) is 15.8. The number of hydrogen-bond acceptors (Lipinski definition) is 3. The van der Waals surface area contributed by atoms with Crippen molar-refractivity contribution in [1.29, 1.82) is 0 Å². The molecule has 1 unspecified atom stereocenters. The maximum Gasteiger partial charge on any atom is 0.264 e. The Labute approximate surface area is 141 Å². The van der Waals surface area contributed by atoms with E-state index in [1.807, 2.05) is 7.05 Å². The van der Waals surface area contributed by atoms with Gasteiger partial charge in [0.25, 0.3) is 5.91 Å². The van der Waals surface area contributed by atoms with E-state index >= 15 is 0 Å². The molecular weight excluding hydrogens is 304 g/mol. The van der Waals surface area contributed by atoms with Crippen LogP contribution in [0.2, 0.25) is 0 Å². The molecule has 0 spiro atoms. The molecule has 4 heteroatoms. The predicted octanol–water partition coefficient (Wildman–Crippen LogP) is 3.34. The number of nitrogens with one attached hydrogen (secondary N) is 1. The molecule has 1 atom stereocenters. The van der Waals surface area contributed by atoms with Crippen molar-refractivity contribution in [2.24, 2.45) is 0 Å². The quantitative estimate of drug-likeness (QED) is 0.938. The van der Waals surface area contributed by atoms with Crippen LogP contribution in [0.25, 0.3) is 10.4 Å². The van der Waals surface area contributed by atoms with E-state index in [-0.39, 0.29) is 5.91 Å². The average Bonchev–Trinajstić information content (AvgIpc) is 3.21. The second-order valence-corrected chi connectivity index (χ2v) is 7.53. The maximum atomic E-state index is 13.0. The highest BCUT2D eigenvalue weighted by Crippen LogP contribution is 2.40. The average molecular weight is 326 g/mol. The van der Waals surface area contributed by atoms with E-state index in [2.05, 4.69) is 40.5 Å². The van der Waals surface area contributed by atoms with Crippen LogP contribution in [0.4, 0.5) is 0 Å². The minimum Gasteiger partial charge on any atom is -0.334 e. The van der Waals surface area contributed by atoms with E-state index in [1.165, 1.54) is 21.6 Å². The topological polar surface area (TPSA) is 32.3 Å². The Bertz CT molecular complexity index is 737. The van der Waals surface area contributed by atoms with Gasteiger partial charge in [-0.3, -0.25) is 4.79 Å². The van der Waals surface area contributed by atoms with Gasteiger partial charge in [0.15, 0.2) is 0 Å². The molecule has 0 bridgehead atoms. The van der Waals surface area contributed by atoms with Gasteiger partial charge in [0.1, 0.15) is 0 Å². The number of aryl methyl sites for hydroxylation is 2. The number of likely N-dealkylation sites (tertiary alicyclic amines) is 1. The SMILES string of the molecule is CNCC1CCCN1C(=O)c1cc2c(s1)-c1ccccc1CC2. The van der Waals surface area contributed by atoms with Gasteiger partial charge in [-0.25, -0.2) is 0 Å². The van der Waals surface area contributed by atoms with Crippen LogP contribution in [0, 0.1) is 0 Å². The summed E-state index contributed by atoms with van der Waals surface area (Å²) in [6.07, 6.45) is 4.36. The molecule has 0 radical (unpaired) electrons. The summed E-state index contributed by atoms with van der Waals surface area (Å²) in [5.74, 6) is 0.222. The number of carbonyl (C=O) groups is 1. The Morgan fingerprint density at radius 1 is 1.30 bits per heavy atom. The van der Waals surface area contributed by atoms with Crippen molar-refractivity contribution in [3.05, 3.63) is 46.3 Å². The molecule has 1 aliphatic heterocycles. The van der Waals surface area contributed by atoms with Crippen molar-refractivity contribution in [2.45, 2.75) is 31.7 Å². The number of hydrogen-bond donors (Lipinski definition) is 1. The highest BCUT2D eigenvalue weighted by Gasteiger charge is 2.31. The van der Waals surface area contributed by atoms with Crippen LogP contribution in [-0.2, 0) is 12.8 Å². The lowest BCUT2D eigenvalue weighted by molar-refractivity contribution is 0.0742. The summed E-state index contributed by atoms with van der Waals surface area (Å²) < 4.78 is 0.